The first kappa shape index (κ1) is 20.1. The van der Waals surface area contributed by atoms with Gasteiger partial charge in [-0.3, -0.25) is 4.90 Å². The number of hydrogen-bond acceptors (Lipinski definition) is 4. The van der Waals surface area contributed by atoms with Crippen LogP contribution < -0.4 is 5.32 Å². The summed E-state index contributed by atoms with van der Waals surface area (Å²) < 4.78 is 5.44. The van der Waals surface area contributed by atoms with Crippen LogP contribution in [0.4, 0.5) is 4.79 Å². The summed E-state index contributed by atoms with van der Waals surface area (Å²) in [5, 5.41) is 3.10. The van der Waals surface area contributed by atoms with E-state index in [0.29, 0.717) is 25.0 Å². The minimum atomic E-state index is -0.0205. The van der Waals surface area contributed by atoms with Crippen LogP contribution in [0.2, 0.25) is 0 Å². The van der Waals surface area contributed by atoms with Crippen LogP contribution >= 0.6 is 11.8 Å². The van der Waals surface area contributed by atoms with Crippen molar-refractivity contribution in [1.29, 1.82) is 0 Å². The van der Waals surface area contributed by atoms with Gasteiger partial charge >= 0.3 is 6.03 Å². The number of morpholine rings is 1. The molecular formula is C19H31N3O2S. The van der Waals surface area contributed by atoms with E-state index in [1.54, 1.807) is 16.7 Å². The van der Waals surface area contributed by atoms with Crippen molar-refractivity contribution in [1.82, 2.24) is 15.1 Å². The van der Waals surface area contributed by atoms with Gasteiger partial charge in [0.2, 0.25) is 0 Å². The number of nitrogens with zero attached hydrogens (tertiary/aromatic N) is 2. The molecule has 25 heavy (non-hydrogen) atoms. The molecule has 1 aromatic carbocycles. The lowest BCUT2D eigenvalue weighted by Crippen LogP contribution is -2.52. The molecular weight excluding hydrogens is 334 g/mol. The molecule has 0 bridgehead atoms. The molecule has 1 saturated heterocycles. The summed E-state index contributed by atoms with van der Waals surface area (Å²) in [5.41, 5.74) is 1.14. The molecule has 1 unspecified atom stereocenters. The molecule has 0 saturated carbocycles. The Labute approximate surface area is 156 Å². The van der Waals surface area contributed by atoms with E-state index in [0.717, 1.165) is 31.9 Å². The fourth-order valence-electron chi connectivity index (χ4n) is 3.10. The van der Waals surface area contributed by atoms with Crippen LogP contribution in [0.3, 0.4) is 0 Å². The minimum absolute atomic E-state index is 0.0205. The summed E-state index contributed by atoms with van der Waals surface area (Å²) in [4.78, 5) is 17.9. The van der Waals surface area contributed by atoms with Gasteiger partial charge in [-0.15, -0.1) is 11.8 Å². The fourth-order valence-corrected chi connectivity index (χ4v) is 3.51. The van der Waals surface area contributed by atoms with E-state index >= 15 is 0 Å². The molecule has 0 radical (unpaired) electrons. The monoisotopic (exact) mass is 365 g/mol. The molecule has 140 valence electrons. The molecule has 0 aromatic heterocycles. The quantitative estimate of drug-likeness (QED) is 0.755. The Balaban J connectivity index is 1.83. The van der Waals surface area contributed by atoms with Gasteiger partial charge in [-0.05, 0) is 29.9 Å². The van der Waals surface area contributed by atoms with E-state index in [4.69, 9.17) is 4.74 Å². The zero-order chi connectivity index (χ0) is 18.2. The number of carbonyl (C=O) groups excluding carboxylic acids is 1. The standard InChI is InChI=1S/C19H31N3O2S/c1-15(2)18(22-9-11-24-12-10-22)13-20-19(23)21(3)14-16-5-7-17(25-4)8-6-16/h5-8,15,18H,9-14H2,1-4H3,(H,20,23). The molecule has 0 spiro atoms. The molecule has 1 aliphatic heterocycles. The number of benzene rings is 1. The number of amides is 2. The first-order chi connectivity index (χ1) is 12.0. The molecule has 1 fully saturated rings. The normalized spacial score (nSPS) is 16.7. The molecule has 2 amide bonds. The number of carbonyl (C=O) groups is 1. The van der Waals surface area contributed by atoms with Crippen molar-refractivity contribution in [2.24, 2.45) is 5.92 Å². The van der Waals surface area contributed by atoms with Gasteiger partial charge in [-0.1, -0.05) is 26.0 Å². The topological polar surface area (TPSA) is 44.8 Å². The van der Waals surface area contributed by atoms with Crippen LogP contribution in [0.15, 0.2) is 29.2 Å². The SMILES string of the molecule is CSc1ccc(CN(C)C(=O)NCC(C(C)C)N2CCOCC2)cc1. The van der Waals surface area contributed by atoms with E-state index in [2.05, 4.69) is 54.6 Å². The molecule has 1 aromatic rings. The van der Waals surface area contributed by atoms with Crippen LogP contribution in [-0.2, 0) is 11.3 Å². The van der Waals surface area contributed by atoms with Crippen molar-refractivity contribution in [3.8, 4) is 0 Å². The Morgan fingerprint density at radius 2 is 1.92 bits per heavy atom. The molecule has 6 heteroatoms. The summed E-state index contributed by atoms with van der Waals surface area (Å²) >= 11 is 1.72. The maximum Gasteiger partial charge on any atom is 0.317 e. The first-order valence-electron chi connectivity index (χ1n) is 8.95. The second-order valence-corrected chi connectivity index (χ2v) is 7.73. The molecule has 1 aliphatic rings. The highest BCUT2D eigenvalue weighted by Crippen LogP contribution is 2.16. The number of urea groups is 1. The van der Waals surface area contributed by atoms with E-state index in [1.165, 1.54) is 4.90 Å². The average molecular weight is 366 g/mol. The number of ether oxygens (including phenoxy) is 1. The van der Waals surface area contributed by atoms with Crippen LogP contribution in [-0.4, -0.2) is 68.0 Å². The zero-order valence-corrected chi connectivity index (χ0v) is 16.6. The predicted octanol–water partition coefficient (Wildman–Crippen LogP) is 2.91. The summed E-state index contributed by atoms with van der Waals surface area (Å²) in [6.45, 7) is 9.15. The number of rotatable bonds is 7. The van der Waals surface area contributed by atoms with Crippen molar-refractivity contribution in [2.75, 3.05) is 46.2 Å². The number of thioether (sulfide) groups is 1. The van der Waals surface area contributed by atoms with Gasteiger partial charge in [0.25, 0.3) is 0 Å². The first-order valence-corrected chi connectivity index (χ1v) is 10.2. The summed E-state index contributed by atoms with van der Waals surface area (Å²) in [6, 6.07) is 8.69. The molecule has 2 rings (SSSR count). The molecule has 1 heterocycles. The van der Waals surface area contributed by atoms with Crippen LogP contribution in [0.5, 0.6) is 0 Å². The van der Waals surface area contributed by atoms with Crippen molar-refractivity contribution >= 4 is 17.8 Å². The molecule has 5 nitrogen and oxygen atoms in total. The fraction of sp³-hybridized carbons (Fsp3) is 0.632. The van der Waals surface area contributed by atoms with Gasteiger partial charge in [-0.25, -0.2) is 4.79 Å². The lowest BCUT2D eigenvalue weighted by molar-refractivity contribution is 0.00697. The van der Waals surface area contributed by atoms with E-state index < -0.39 is 0 Å². The largest absolute Gasteiger partial charge is 0.379 e. The average Bonchev–Trinajstić information content (AvgIpc) is 2.63. The lowest BCUT2D eigenvalue weighted by Gasteiger charge is -2.37. The predicted molar refractivity (Wildman–Crippen MR) is 104 cm³/mol. The number of nitrogens with one attached hydrogen (secondary N) is 1. The van der Waals surface area contributed by atoms with Crippen LogP contribution in [0, 0.1) is 5.92 Å². The Hall–Kier alpha value is -1.24. The third-order valence-corrected chi connectivity index (χ3v) is 5.42. The smallest absolute Gasteiger partial charge is 0.317 e. The van der Waals surface area contributed by atoms with E-state index in [-0.39, 0.29) is 6.03 Å². The highest BCUT2D eigenvalue weighted by atomic mass is 32.2. The maximum absolute atomic E-state index is 12.4. The third kappa shape index (κ3) is 6.20. The second-order valence-electron chi connectivity index (χ2n) is 6.85. The Bertz CT molecular complexity index is 530. The third-order valence-electron chi connectivity index (χ3n) is 4.67. The second kappa shape index (κ2) is 10.0. The highest BCUT2D eigenvalue weighted by molar-refractivity contribution is 7.98. The minimum Gasteiger partial charge on any atom is -0.379 e. The van der Waals surface area contributed by atoms with Crippen molar-refractivity contribution in [3.63, 3.8) is 0 Å². The molecule has 0 aliphatic carbocycles. The van der Waals surface area contributed by atoms with Crippen LogP contribution in [0.1, 0.15) is 19.4 Å². The number of hydrogen-bond donors (Lipinski definition) is 1. The Morgan fingerprint density at radius 1 is 1.28 bits per heavy atom. The lowest BCUT2D eigenvalue weighted by atomic mass is 10.0. The summed E-state index contributed by atoms with van der Waals surface area (Å²) in [5.74, 6) is 0.489. The van der Waals surface area contributed by atoms with Crippen molar-refractivity contribution in [2.45, 2.75) is 31.3 Å². The van der Waals surface area contributed by atoms with E-state index in [9.17, 15) is 4.79 Å². The Morgan fingerprint density at radius 3 is 2.48 bits per heavy atom. The van der Waals surface area contributed by atoms with Gasteiger partial charge in [0.15, 0.2) is 0 Å². The van der Waals surface area contributed by atoms with Gasteiger partial charge in [0, 0.05) is 44.2 Å². The maximum atomic E-state index is 12.4. The Kier molecular flexibility index (Phi) is 8.06. The molecule has 1 atom stereocenters. The summed E-state index contributed by atoms with van der Waals surface area (Å²) in [7, 11) is 1.84. The van der Waals surface area contributed by atoms with Gasteiger partial charge < -0.3 is 15.0 Å². The van der Waals surface area contributed by atoms with Gasteiger partial charge in [-0.2, -0.15) is 0 Å². The summed E-state index contributed by atoms with van der Waals surface area (Å²) in [6.07, 6.45) is 2.06. The van der Waals surface area contributed by atoms with Crippen LogP contribution in [0.25, 0.3) is 0 Å². The van der Waals surface area contributed by atoms with Gasteiger partial charge in [0.1, 0.15) is 0 Å². The molecule has 1 N–H and O–H groups in total. The highest BCUT2D eigenvalue weighted by Gasteiger charge is 2.24. The zero-order valence-electron chi connectivity index (χ0n) is 15.8. The van der Waals surface area contributed by atoms with E-state index in [1.807, 2.05) is 7.05 Å². The van der Waals surface area contributed by atoms with Crippen molar-refractivity contribution < 1.29 is 9.53 Å². The van der Waals surface area contributed by atoms with Crippen molar-refractivity contribution in [3.05, 3.63) is 29.8 Å². The van der Waals surface area contributed by atoms with Gasteiger partial charge in [0.05, 0.1) is 13.2 Å².